The van der Waals surface area contributed by atoms with Gasteiger partial charge in [-0.15, -0.1) is 11.3 Å². The number of amides is 1. The van der Waals surface area contributed by atoms with Crippen LogP contribution >= 0.6 is 11.3 Å². The Bertz CT molecular complexity index is 1150. The van der Waals surface area contributed by atoms with Crippen molar-refractivity contribution in [1.29, 1.82) is 0 Å². The molecule has 7 heteroatoms. The average molecular weight is 392 g/mol. The van der Waals surface area contributed by atoms with Gasteiger partial charge < -0.3 is 10.1 Å². The Morgan fingerprint density at radius 3 is 2.79 bits per heavy atom. The first-order valence-electron chi connectivity index (χ1n) is 8.95. The number of aromatic nitrogens is 3. The monoisotopic (exact) mass is 392 g/mol. The lowest BCUT2D eigenvalue weighted by Crippen LogP contribution is -2.17. The van der Waals surface area contributed by atoms with Crippen LogP contribution in [0.25, 0.3) is 31.8 Å². The molecule has 0 aliphatic rings. The van der Waals surface area contributed by atoms with Gasteiger partial charge in [0.2, 0.25) is 5.91 Å². The van der Waals surface area contributed by atoms with E-state index in [1.165, 1.54) is 0 Å². The molecule has 28 heavy (non-hydrogen) atoms. The fourth-order valence-electron chi connectivity index (χ4n) is 2.99. The van der Waals surface area contributed by atoms with E-state index < -0.39 is 0 Å². The van der Waals surface area contributed by atoms with E-state index in [-0.39, 0.29) is 11.8 Å². The van der Waals surface area contributed by atoms with E-state index in [4.69, 9.17) is 4.74 Å². The number of rotatable bonds is 5. The third-order valence-corrected chi connectivity index (χ3v) is 5.66. The highest BCUT2D eigenvalue weighted by Gasteiger charge is 2.18. The molecule has 4 rings (SSSR count). The lowest BCUT2D eigenvalue weighted by Gasteiger charge is -2.11. The fourth-order valence-corrected chi connectivity index (χ4v) is 4.07. The maximum Gasteiger partial charge on any atom is 0.228 e. The molecule has 3 aromatic heterocycles. The summed E-state index contributed by atoms with van der Waals surface area (Å²) in [5.74, 6) is 1.21. The number of ether oxygens (including phenoxy) is 1. The predicted octanol–water partition coefficient (Wildman–Crippen LogP) is 4.96. The van der Waals surface area contributed by atoms with Gasteiger partial charge in [0.15, 0.2) is 5.82 Å². The SMILES string of the molecule is COc1ccccc1-c1ccncc1-c1cc2[nH]nc(NC(=O)C(C)C)c2s1. The van der Waals surface area contributed by atoms with Gasteiger partial charge in [0.05, 0.1) is 17.3 Å². The molecule has 1 amide bonds. The summed E-state index contributed by atoms with van der Waals surface area (Å²) in [5.41, 5.74) is 3.93. The molecule has 0 bridgehead atoms. The molecule has 0 saturated heterocycles. The fraction of sp³-hybridized carbons (Fsp3) is 0.190. The number of fused-ring (bicyclic) bond motifs is 1. The summed E-state index contributed by atoms with van der Waals surface area (Å²) >= 11 is 1.57. The molecule has 2 N–H and O–H groups in total. The standard InChI is InChI=1S/C21H20N4O2S/c1-12(2)21(26)23-20-19-16(24-25-20)10-18(28-19)15-11-22-9-8-13(15)14-6-4-5-7-17(14)27-3/h4-12H,1-3H3,(H2,23,24,25,26). The van der Waals surface area contributed by atoms with Gasteiger partial charge in [-0.1, -0.05) is 32.0 Å². The van der Waals surface area contributed by atoms with Crippen molar-refractivity contribution in [3.63, 3.8) is 0 Å². The number of pyridine rings is 1. The van der Waals surface area contributed by atoms with Crippen molar-refractivity contribution in [2.24, 2.45) is 5.92 Å². The van der Waals surface area contributed by atoms with Crippen molar-refractivity contribution >= 4 is 33.3 Å². The molecular weight excluding hydrogens is 372 g/mol. The van der Waals surface area contributed by atoms with Crippen molar-refractivity contribution in [2.75, 3.05) is 12.4 Å². The number of nitrogens with zero attached hydrogens (tertiary/aromatic N) is 2. The number of methoxy groups -OCH3 is 1. The smallest absolute Gasteiger partial charge is 0.228 e. The van der Waals surface area contributed by atoms with Crippen LogP contribution < -0.4 is 10.1 Å². The number of para-hydroxylation sites is 1. The van der Waals surface area contributed by atoms with E-state index in [0.717, 1.165) is 37.5 Å². The molecule has 0 aliphatic heterocycles. The highest BCUT2D eigenvalue weighted by Crippen LogP contribution is 2.42. The van der Waals surface area contributed by atoms with Crippen LogP contribution in [-0.4, -0.2) is 28.2 Å². The number of thiophene rings is 1. The van der Waals surface area contributed by atoms with Crippen LogP contribution in [0.4, 0.5) is 5.82 Å². The van der Waals surface area contributed by atoms with E-state index in [1.54, 1.807) is 24.6 Å². The van der Waals surface area contributed by atoms with Crippen molar-refractivity contribution in [3.8, 4) is 27.3 Å². The average Bonchev–Trinajstić information content (AvgIpc) is 3.29. The second-order valence-electron chi connectivity index (χ2n) is 6.69. The number of hydrogen-bond acceptors (Lipinski definition) is 5. The molecule has 3 heterocycles. The number of carbonyl (C=O) groups excluding carboxylic acids is 1. The first kappa shape index (κ1) is 18.2. The summed E-state index contributed by atoms with van der Waals surface area (Å²) in [6.07, 6.45) is 3.63. The van der Waals surface area contributed by atoms with Crippen molar-refractivity contribution in [2.45, 2.75) is 13.8 Å². The Kier molecular flexibility index (Phi) is 4.83. The van der Waals surface area contributed by atoms with Gasteiger partial charge in [0.1, 0.15) is 5.75 Å². The molecule has 0 saturated carbocycles. The minimum Gasteiger partial charge on any atom is -0.496 e. The minimum atomic E-state index is -0.110. The Hall–Kier alpha value is -3.19. The summed E-state index contributed by atoms with van der Waals surface area (Å²) < 4.78 is 6.45. The van der Waals surface area contributed by atoms with Crippen LogP contribution in [0.5, 0.6) is 5.75 Å². The van der Waals surface area contributed by atoms with Gasteiger partial charge in [0, 0.05) is 34.3 Å². The van der Waals surface area contributed by atoms with Gasteiger partial charge in [0.25, 0.3) is 0 Å². The van der Waals surface area contributed by atoms with E-state index in [1.807, 2.05) is 56.4 Å². The third kappa shape index (κ3) is 3.25. The van der Waals surface area contributed by atoms with Crippen molar-refractivity contribution in [3.05, 3.63) is 48.8 Å². The number of benzene rings is 1. The molecular formula is C21H20N4O2S. The van der Waals surface area contributed by atoms with Gasteiger partial charge in [-0.05, 0) is 23.8 Å². The van der Waals surface area contributed by atoms with Crippen LogP contribution in [0.3, 0.4) is 0 Å². The van der Waals surface area contributed by atoms with Gasteiger partial charge in [-0.2, -0.15) is 5.10 Å². The predicted molar refractivity (Wildman–Crippen MR) is 113 cm³/mol. The quantitative estimate of drug-likeness (QED) is 0.503. The normalized spacial score (nSPS) is 11.1. The van der Waals surface area contributed by atoms with Crippen molar-refractivity contribution < 1.29 is 9.53 Å². The maximum atomic E-state index is 12.1. The number of H-pyrrole nitrogens is 1. The number of aromatic amines is 1. The Balaban J connectivity index is 1.79. The topological polar surface area (TPSA) is 79.9 Å². The highest BCUT2D eigenvalue weighted by atomic mass is 32.1. The molecule has 4 aromatic rings. The van der Waals surface area contributed by atoms with Gasteiger partial charge >= 0.3 is 0 Å². The minimum absolute atomic E-state index is 0.0561. The number of hydrogen-bond donors (Lipinski definition) is 2. The molecule has 0 aliphatic carbocycles. The summed E-state index contributed by atoms with van der Waals surface area (Å²) in [7, 11) is 1.67. The summed E-state index contributed by atoms with van der Waals surface area (Å²) in [5, 5.41) is 10.1. The Morgan fingerprint density at radius 2 is 2.00 bits per heavy atom. The Morgan fingerprint density at radius 1 is 1.18 bits per heavy atom. The van der Waals surface area contributed by atoms with Crippen LogP contribution in [0, 0.1) is 5.92 Å². The molecule has 0 fully saturated rings. The maximum absolute atomic E-state index is 12.1. The molecule has 142 valence electrons. The first-order chi connectivity index (χ1) is 13.6. The molecule has 0 atom stereocenters. The molecule has 0 radical (unpaired) electrons. The van der Waals surface area contributed by atoms with Gasteiger partial charge in [-0.3, -0.25) is 14.9 Å². The molecule has 0 spiro atoms. The number of nitrogens with one attached hydrogen (secondary N) is 2. The van der Waals surface area contributed by atoms with Crippen molar-refractivity contribution in [1.82, 2.24) is 15.2 Å². The molecule has 6 nitrogen and oxygen atoms in total. The van der Waals surface area contributed by atoms with Crippen LogP contribution in [0.2, 0.25) is 0 Å². The number of anilines is 1. The summed E-state index contributed by atoms with van der Waals surface area (Å²) in [6.45, 7) is 3.71. The van der Waals surface area contributed by atoms with E-state index in [2.05, 4.69) is 20.5 Å². The second kappa shape index (κ2) is 7.44. The highest BCUT2D eigenvalue weighted by molar-refractivity contribution is 7.22. The summed E-state index contributed by atoms with van der Waals surface area (Å²) in [4.78, 5) is 17.4. The van der Waals surface area contributed by atoms with E-state index in [0.29, 0.717) is 5.82 Å². The molecule has 0 unspecified atom stereocenters. The molecule has 1 aromatic carbocycles. The first-order valence-corrected chi connectivity index (χ1v) is 9.76. The number of carbonyl (C=O) groups is 1. The second-order valence-corrected chi connectivity index (χ2v) is 7.74. The lowest BCUT2D eigenvalue weighted by molar-refractivity contribution is -0.118. The van der Waals surface area contributed by atoms with Crippen LogP contribution in [0.15, 0.2) is 48.8 Å². The summed E-state index contributed by atoms with van der Waals surface area (Å²) in [6, 6.07) is 11.9. The lowest BCUT2D eigenvalue weighted by atomic mass is 10.00. The van der Waals surface area contributed by atoms with Crippen LogP contribution in [-0.2, 0) is 4.79 Å². The third-order valence-electron chi connectivity index (χ3n) is 4.48. The Labute approximate surface area is 166 Å². The van der Waals surface area contributed by atoms with E-state index >= 15 is 0 Å². The van der Waals surface area contributed by atoms with E-state index in [9.17, 15) is 4.79 Å². The zero-order chi connectivity index (χ0) is 19.7. The largest absolute Gasteiger partial charge is 0.496 e. The van der Waals surface area contributed by atoms with Gasteiger partial charge in [-0.25, -0.2) is 0 Å². The zero-order valence-corrected chi connectivity index (χ0v) is 16.6. The zero-order valence-electron chi connectivity index (χ0n) is 15.8. The van der Waals surface area contributed by atoms with Crippen LogP contribution in [0.1, 0.15) is 13.8 Å².